The van der Waals surface area contributed by atoms with Gasteiger partial charge >= 0.3 is 0 Å². The molecule has 1 aliphatic heterocycles. The maximum Gasteiger partial charge on any atom is 0.222 e. The molecule has 0 bridgehead atoms. The topological polar surface area (TPSA) is 84.3 Å². The smallest absolute Gasteiger partial charge is 0.222 e. The fraction of sp³-hybridized carbons (Fsp3) is 0.444. The van der Waals surface area contributed by atoms with E-state index in [1.54, 1.807) is 0 Å². The van der Waals surface area contributed by atoms with Gasteiger partial charge in [-0.25, -0.2) is 4.98 Å². The minimum Gasteiger partial charge on any atom is -0.368 e. The van der Waals surface area contributed by atoms with Crippen LogP contribution in [0.3, 0.4) is 0 Å². The van der Waals surface area contributed by atoms with Crippen LogP contribution in [0.5, 0.6) is 0 Å². The Kier molecular flexibility index (Phi) is 7.40. The number of rotatable bonds is 3. The lowest BCUT2D eigenvalue weighted by Gasteiger charge is -2.37. The number of halogens is 3. The van der Waals surface area contributed by atoms with Gasteiger partial charge in [0.25, 0.3) is 0 Å². The first kappa shape index (κ1) is 21.8. The van der Waals surface area contributed by atoms with Gasteiger partial charge in [0.2, 0.25) is 5.95 Å². The maximum atomic E-state index is 6.11. The van der Waals surface area contributed by atoms with Crippen molar-refractivity contribution >= 4 is 53.9 Å². The third-order valence-corrected chi connectivity index (χ3v) is 5.35. The van der Waals surface area contributed by atoms with E-state index in [1.165, 1.54) is 5.69 Å². The molecule has 1 aromatic carbocycles. The van der Waals surface area contributed by atoms with Crippen LogP contribution in [0.4, 0.5) is 17.5 Å². The Morgan fingerprint density at radius 1 is 0.963 bits per heavy atom. The van der Waals surface area contributed by atoms with Crippen LogP contribution >= 0.6 is 36.4 Å². The molecule has 0 amide bonds. The predicted octanol–water partition coefficient (Wildman–Crippen LogP) is 3.09. The number of nitrogens with zero attached hydrogens (tertiary/aromatic N) is 4. The van der Waals surface area contributed by atoms with Crippen molar-refractivity contribution in [2.24, 2.45) is 5.73 Å². The Balaban J connectivity index is 0.00000131. The average Bonchev–Trinajstić information content (AvgIpc) is 2.58. The zero-order valence-corrected chi connectivity index (χ0v) is 17.3. The first-order chi connectivity index (χ1) is 12.1. The van der Waals surface area contributed by atoms with Crippen LogP contribution in [-0.2, 0) is 0 Å². The van der Waals surface area contributed by atoms with Crippen molar-refractivity contribution < 1.29 is 0 Å². The quantitative estimate of drug-likeness (QED) is 0.777. The molecule has 6 nitrogen and oxygen atoms in total. The molecule has 0 unspecified atom stereocenters. The highest BCUT2D eigenvalue weighted by Crippen LogP contribution is 2.36. The molecular formula is C18H25Cl3N6. The highest BCUT2D eigenvalue weighted by Gasteiger charge is 2.30. The third kappa shape index (κ3) is 4.88. The highest BCUT2D eigenvalue weighted by atomic mass is 35.5. The van der Waals surface area contributed by atoms with Crippen LogP contribution in [0.2, 0.25) is 5.02 Å². The lowest BCUT2D eigenvalue weighted by Crippen LogP contribution is -2.47. The van der Waals surface area contributed by atoms with Crippen LogP contribution in [0.15, 0.2) is 30.3 Å². The number of nitrogen functional groups attached to an aromatic ring is 1. The molecule has 2 heterocycles. The van der Waals surface area contributed by atoms with E-state index in [-0.39, 0.29) is 24.8 Å². The van der Waals surface area contributed by atoms with Crippen molar-refractivity contribution in [1.29, 1.82) is 0 Å². The molecule has 0 spiro atoms. The van der Waals surface area contributed by atoms with Gasteiger partial charge in [-0.2, -0.15) is 4.98 Å². The summed E-state index contributed by atoms with van der Waals surface area (Å²) in [6.45, 7) is 3.64. The second kappa shape index (κ2) is 9.15. The Bertz CT molecular complexity index is 761. The summed E-state index contributed by atoms with van der Waals surface area (Å²) in [5, 5.41) is 0.770. The average molecular weight is 432 g/mol. The Morgan fingerprint density at radius 2 is 1.63 bits per heavy atom. The molecule has 9 heteroatoms. The number of hydrogen-bond acceptors (Lipinski definition) is 6. The molecule has 2 aliphatic rings. The third-order valence-electron chi connectivity index (χ3n) is 5.12. The molecule has 148 valence electrons. The van der Waals surface area contributed by atoms with Crippen LogP contribution in [-0.4, -0.2) is 42.2 Å². The number of aromatic nitrogens is 2. The van der Waals surface area contributed by atoms with Gasteiger partial charge in [-0.05, 0) is 31.0 Å². The summed E-state index contributed by atoms with van der Waals surface area (Å²) in [4.78, 5) is 13.5. The SMILES string of the molecule is Cl.Cl.Nc1nc(C2CC(N)C2)cc(N2CCN(c3cccc(Cl)c3)CC2)n1. The lowest BCUT2D eigenvalue weighted by atomic mass is 9.78. The van der Waals surface area contributed by atoms with Crippen molar-refractivity contribution in [2.45, 2.75) is 24.8 Å². The molecule has 1 aliphatic carbocycles. The van der Waals surface area contributed by atoms with Gasteiger partial charge in [-0.15, -0.1) is 24.8 Å². The van der Waals surface area contributed by atoms with E-state index in [4.69, 9.17) is 23.1 Å². The molecule has 0 atom stereocenters. The van der Waals surface area contributed by atoms with E-state index in [0.29, 0.717) is 17.9 Å². The second-order valence-electron chi connectivity index (χ2n) is 6.89. The van der Waals surface area contributed by atoms with Crippen molar-refractivity contribution in [3.05, 3.63) is 41.0 Å². The summed E-state index contributed by atoms with van der Waals surface area (Å²) in [5.41, 5.74) is 14.0. The van der Waals surface area contributed by atoms with Gasteiger partial charge in [0.1, 0.15) is 5.82 Å². The largest absolute Gasteiger partial charge is 0.368 e. The van der Waals surface area contributed by atoms with Gasteiger partial charge in [0, 0.05) is 54.9 Å². The zero-order valence-electron chi connectivity index (χ0n) is 14.9. The van der Waals surface area contributed by atoms with E-state index < -0.39 is 0 Å². The van der Waals surface area contributed by atoms with Gasteiger partial charge in [-0.1, -0.05) is 17.7 Å². The molecule has 2 fully saturated rings. The lowest BCUT2D eigenvalue weighted by molar-refractivity contribution is 0.345. The first-order valence-corrected chi connectivity index (χ1v) is 9.12. The number of anilines is 3. The fourth-order valence-corrected chi connectivity index (χ4v) is 3.80. The van der Waals surface area contributed by atoms with Crippen LogP contribution in [0.25, 0.3) is 0 Å². The molecular weight excluding hydrogens is 407 g/mol. The molecule has 1 saturated heterocycles. The van der Waals surface area contributed by atoms with E-state index in [9.17, 15) is 0 Å². The number of nitrogens with two attached hydrogens (primary N) is 2. The van der Waals surface area contributed by atoms with Gasteiger partial charge in [0.05, 0.1) is 5.69 Å². The summed E-state index contributed by atoms with van der Waals surface area (Å²) in [5.74, 6) is 1.70. The van der Waals surface area contributed by atoms with Crippen molar-refractivity contribution in [3.8, 4) is 0 Å². The predicted molar refractivity (Wildman–Crippen MR) is 117 cm³/mol. The molecule has 1 saturated carbocycles. The van der Waals surface area contributed by atoms with E-state index >= 15 is 0 Å². The van der Waals surface area contributed by atoms with Crippen LogP contribution < -0.4 is 21.3 Å². The monoisotopic (exact) mass is 430 g/mol. The van der Waals surface area contributed by atoms with Crippen molar-refractivity contribution in [2.75, 3.05) is 41.7 Å². The normalized spacial score (nSPS) is 21.7. The Labute approximate surface area is 177 Å². The second-order valence-corrected chi connectivity index (χ2v) is 7.33. The summed E-state index contributed by atoms with van der Waals surface area (Å²) < 4.78 is 0. The Morgan fingerprint density at radius 3 is 2.26 bits per heavy atom. The minimum absolute atomic E-state index is 0. The van der Waals surface area contributed by atoms with E-state index in [1.807, 2.05) is 18.2 Å². The summed E-state index contributed by atoms with van der Waals surface area (Å²) in [6.07, 6.45) is 1.97. The summed E-state index contributed by atoms with van der Waals surface area (Å²) in [6, 6.07) is 10.4. The molecule has 4 N–H and O–H groups in total. The molecule has 27 heavy (non-hydrogen) atoms. The van der Waals surface area contributed by atoms with Gasteiger partial charge < -0.3 is 21.3 Å². The van der Waals surface area contributed by atoms with Gasteiger partial charge in [0.15, 0.2) is 0 Å². The zero-order chi connectivity index (χ0) is 17.4. The summed E-state index contributed by atoms with van der Waals surface area (Å²) in [7, 11) is 0. The number of piperazine rings is 1. The van der Waals surface area contributed by atoms with Gasteiger partial charge in [-0.3, -0.25) is 0 Å². The first-order valence-electron chi connectivity index (χ1n) is 8.74. The molecule has 4 rings (SSSR count). The minimum atomic E-state index is 0. The van der Waals surface area contributed by atoms with Crippen molar-refractivity contribution in [1.82, 2.24) is 9.97 Å². The van der Waals surface area contributed by atoms with E-state index in [2.05, 4.69) is 31.9 Å². The number of benzene rings is 1. The molecule has 1 aromatic heterocycles. The maximum absolute atomic E-state index is 6.11. The molecule has 0 radical (unpaired) electrons. The highest BCUT2D eigenvalue weighted by molar-refractivity contribution is 6.30. The standard InChI is InChI=1S/C18H23ClN6.2ClH/c19-13-2-1-3-15(10-13)24-4-6-25(7-5-24)17-11-16(22-18(21)23-17)12-8-14(20)9-12;;/h1-3,10-12,14H,4-9,20H2,(H2,21,22,23);2*1H. The van der Waals surface area contributed by atoms with Crippen molar-refractivity contribution in [3.63, 3.8) is 0 Å². The number of hydrogen-bond donors (Lipinski definition) is 2. The van der Waals surface area contributed by atoms with E-state index in [0.717, 1.165) is 55.6 Å². The fourth-order valence-electron chi connectivity index (χ4n) is 3.61. The summed E-state index contributed by atoms with van der Waals surface area (Å²) >= 11 is 6.11. The van der Waals surface area contributed by atoms with Crippen LogP contribution in [0.1, 0.15) is 24.5 Å². The van der Waals surface area contributed by atoms with Crippen LogP contribution in [0, 0.1) is 0 Å². The molecule has 2 aromatic rings. The Hall–Kier alpha value is -1.47.